The predicted octanol–water partition coefficient (Wildman–Crippen LogP) is -4.18. The lowest BCUT2D eigenvalue weighted by molar-refractivity contribution is -0.142. The maximum absolute atomic E-state index is 12.9. The van der Waals surface area contributed by atoms with Crippen LogP contribution in [0, 0.1) is 0 Å². The second-order valence-corrected chi connectivity index (χ2v) is 8.02. The van der Waals surface area contributed by atoms with Crippen LogP contribution in [0.5, 0.6) is 0 Å². The number of amides is 5. The minimum Gasteiger partial charge on any atom is -0.481 e. The van der Waals surface area contributed by atoms with Crippen molar-refractivity contribution >= 4 is 41.5 Å². The molecule has 0 saturated carbocycles. The summed E-state index contributed by atoms with van der Waals surface area (Å²) in [5, 5.41) is 24.8. The number of carboxylic acid groups (broad SMARTS) is 2. The number of H-pyrrole nitrogens is 1. The number of imidazole rings is 1. The number of nitrogens with one attached hydrogen (secondary N) is 4. The van der Waals surface area contributed by atoms with Crippen molar-refractivity contribution in [2.75, 3.05) is 0 Å². The number of carboxylic acids is 2. The zero-order chi connectivity index (χ0) is 28.1. The molecule has 1 aromatic heterocycles. The smallest absolute Gasteiger partial charge is 0.326 e. The number of hydrogen-bond donors (Lipinski definition) is 9. The molecule has 4 atom stereocenters. The van der Waals surface area contributed by atoms with E-state index in [1.807, 2.05) is 0 Å². The summed E-state index contributed by atoms with van der Waals surface area (Å²) >= 11 is 0. The topological polar surface area (TPSA) is 303 Å². The summed E-state index contributed by atoms with van der Waals surface area (Å²) in [4.78, 5) is 89.4. The lowest BCUT2D eigenvalue weighted by Gasteiger charge is -2.24. The molecule has 204 valence electrons. The highest BCUT2D eigenvalue weighted by molar-refractivity contribution is 5.96. The Bertz CT molecular complexity index is 998. The maximum Gasteiger partial charge on any atom is 0.326 e. The predicted molar refractivity (Wildman–Crippen MR) is 123 cm³/mol. The Balaban J connectivity index is 2.98. The van der Waals surface area contributed by atoms with Crippen molar-refractivity contribution < 1.29 is 43.8 Å². The van der Waals surface area contributed by atoms with E-state index in [0.29, 0.717) is 5.69 Å². The zero-order valence-corrected chi connectivity index (χ0v) is 19.6. The Hall–Kier alpha value is -4.54. The molecule has 1 rings (SSSR count). The van der Waals surface area contributed by atoms with Crippen LogP contribution in [-0.2, 0) is 40.0 Å². The van der Waals surface area contributed by atoms with Gasteiger partial charge in [0.25, 0.3) is 0 Å². The zero-order valence-electron chi connectivity index (χ0n) is 19.6. The van der Waals surface area contributed by atoms with Gasteiger partial charge in [-0.25, -0.2) is 9.78 Å². The minimum absolute atomic E-state index is 0.0215. The quantitative estimate of drug-likeness (QED) is 0.0937. The van der Waals surface area contributed by atoms with Crippen LogP contribution < -0.4 is 33.2 Å². The molecule has 37 heavy (non-hydrogen) atoms. The molecular weight excluding hydrogens is 496 g/mol. The first kappa shape index (κ1) is 30.5. The fourth-order valence-electron chi connectivity index (χ4n) is 3.04. The number of nitrogens with two attached hydrogens (primary N) is 3. The molecule has 0 aliphatic carbocycles. The lowest BCUT2D eigenvalue weighted by Crippen LogP contribution is -2.58. The third kappa shape index (κ3) is 11.6. The van der Waals surface area contributed by atoms with Crippen LogP contribution in [0.2, 0.25) is 0 Å². The Morgan fingerprint density at radius 3 is 1.92 bits per heavy atom. The summed E-state index contributed by atoms with van der Waals surface area (Å²) in [5.41, 5.74) is 16.5. The van der Waals surface area contributed by atoms with Gasteiger partial charge in [-0.1, -0.05) is 0 Å². The first-order valence-corrected chi connectivity index (χ1v) is 10.9. The SMILES string of the molecule is NC(=O)CCC(NC(=O)C(CC(N)=O)NC(=O)C(CCC(=O)O)NC(=O)C(N)Cc1cnc[nH]1)C(=O)O. The molecule has 0 bridgehead atoms. The fraction of sp³-hybridized carbons (Fsp3) is 0.500. The van der Waals surface area contributed by atoms with E-state index in [0.717, 1.165) is 0 Å². The number of primary amides is 2. The molecule has 4 unspecified atom stereocenters. The van der Waals surface area contributed by atoms with Crippen LogP contribution in [0.1, 0.15) is 37.8 Å². The second kappa shape index (κ2) is 14.8. The molecule has 0 aliphatic rings. The van der Waals surface area contributed by atoms with Gasteiger partial charge in [-0.05, 0) is 12.8 Å². The van der Waals surface area contributed by atoms with Crippen LogP contribution in [0.15, 0.2) is 12.5 Å². The van der Waals surface area contributed by atoms with Gasteiger partial charge >= 0.3 is 11.9 Å². The van der Waals surface area contributed by atoms with Gasteiger partial charge < -0.3 is 48.3 Å². The standard InChI is InChI=1S/C20H30N8O9/c21-10(5-9-7-24-8-25-9)17(33)26-11(2-4-16(31)32)18(34)28-13(6-15(23)30)19(35)27-12(20(36)37)1-3-14(22)29/h7-8,10-13H,1-6,21H2,(H2,22,29)(H2,23,30)(H,24,25)(H,26,33)(H,27,35)(H,28,34)(H,31,32)(H,36,37). The summed E-state index contributed by atoms with van der Waals surface area (Å²) in [6.45, 7) is 0. The number of aliphatic carboxylic acids is 2. The van der Waals surface area contributed by atoms with E-state index in [1.54, 1.807) is 0 Å². The van der Waals surface area contributed by atoms with Gasteiger partial charge in [0.05, 0.1) is 18.8 Å². The van der Waals surface area contributed by atoms with Crippen molar-refractivity contribution in [1.29, 1.82) is 0 Å². The van der Waals surface area contributed by atoms with E-state index >= 15 is 0 Å². The van der Waals surface area contributed by atoms with Gasteiger partial charge in [0.15, 0.2) is 0 Å². The first-order chi connectivity index (χ1) is 17.3. The average Bonchev–Trinajstić information content (AvgIpc) is 3.30. The average molecular weight is 527 g/mol. The molecule has 5 amide bonds. The van der Waals surface area contributed by atoms with Crippen molar-refractivity contribution in [3.63, 3.8) is 0 Å². The molecule has 0 aliphatic heterocycles. The van der Waals surface area contributed by atoms with Gasteiger partial charge in [0, 0.05) is 31.2 Å². The molecule has 0 aromatic carbocycles. The number of nitrogens with zero attached hydrogens (tertiary/aromatic N) is 1. The van der Waals surface area contributed by atoms with Crippen LogP contribution in [0.3, 0.4) is 0 Å². The van der Waals surface area contributed by atoms with E-state index in [9.17, 15) is 38.7 Å². The number of carbonyl (C=O) groups excluding carboxylic acids is 5. The fourth-order valence-corrected chi connectivity index (χ4v) is 3.04. The van der Waals surface area contributed by atoms with Crippen molar-refractivity contribution in [2.24, 2.45) is 17.2 Å². The highest BCUT2D eigenvalue weighted by Gasteiger charge is 2.31. The Labute approximate surface area is 209 Å². The molecule has 0 saturated heterocycles. The van der Waals surface area contributed by atoms with Gasteiger partial charge in [-0.15, -0.1) is 0 Å². The number of hydrogen-bond acceptors (Lipinski definition) is 9. The number of aromatic amines is 1. The van der Waals surface area contributed by atoms with Crippen molar-refractivity contribution in [2.45, 2.75) is 62.7 Å². The summed E-state index contributed by atoms with van der Waals surface area (Å²) in [6, 6.07) is -5.88. The molecule has 17 heteroatoms. The van der Waals surface area contributed by atoms with E-state index in [-0.39, 0.29) is 19.3 Å². The molecule has 0 spiro atoms. The van der Waals surface area contributed by atoms with Gasteiger partial charge in [0.1, 0.15) is 18.1 Å². The van der Waals surface area contributed by atoms with Crippen LogP contribution in [-0.4, -0.2) is 85.8 Å². The third-order valence-electron chi connectivity index (χ3n) is 4.94. The van der Waals surface area contributed by atoms with E-state index in [4.69, 9.17) is 22.3 Å². The maximum atomic E-state index is 12.9. The first-order valence-electron chi connectivity index (χ1n) is 10.9. The molecule has 0 radical (unpaired) electrons. The number of carbonyl (C=O) groups is 7. The minimum atomic E-state index is -1.68. The molecule has 17 nitrogen and oxygen atoms in total. The van der Waals surface area contributed by atoms with Crippen molar-refractivity contribution in [3.8, 4) is 0 Å². The Morgan fingerprint density at radius 2 is 1.41 bits per heavy atom. The third-order valence-corrected chi connectivity index (χ3v) is 4.94. The Morgan fingerprint density at radius 1 is 0.838 bits per heavy atom. The van der Waals surface area contributed by atoms with Crippen LogP contribution in [0.4, 0.5) is 0 Å². The summed E-state index contributed by atoms with van der Waals surface area (Å²) in [7, 11) is 0. The van der Waals surface area contributed by atoms with Gasteiger partial charge in [-0.3, -0.25) is 28.8 Å². The van der Waals surface area contributed by atoms with E-state index in [2.05, 4.69) is 25.9 Å². The van der Waals surface area contributed by atoms with Crippen molar-refractivity contribution in [1.82, 2.24) is 25.9 Å². The Kier molecular flexibility index (Phi) is 12.2. The second-order valence-electron chi connectivity index (χ2n) is 8.02. The number of rotatable bonds is 17. The van der Waals surface area contributed by atoms with Gasteiger partial charge in [-0.2, -0.15) is 0 Å². The lowest BCUT2D eigenvalue weighted by atomic mass is 10.1. The van der Waals surface area contributed by atoms with E-state index < -0.39 is 84.9 Å². The molecular formula is C20H30N8O9. The number of aromatic nitrogens is 2. The molecule has 12 N–H and O–H groups in total. The van der Waals surface area contributed by atoms with Crippen LogP contribution >= 0.6 is 0 Å². The molecule has 1 aromatic rings. The summed E-state index contributed by atoms with van der Waals surface area (Å²) in [6.07, 6.45) is 0.399. The monoisotopic (exact) mass is 526 g/mol. The van der Waals surface area contributed by atoms with Crippen LogP contribution in [0.25, 0.3) is 0 Å². The highest BCUT2D eigenvalue weighted by Crippen LogP contribution is 2.05. The van der Waals surface area contributed by atoms with Gasteiger partial charge in [0.2, 0.25) is 29.5 Å². The normalized spacial score (nSPS) is 13.9. The van der Waals surface area contributed by atoms with Crippen molar-refractivity contribution in [3.05, 3.63) is 18.2 Å². The largest absolute Gasteiger partial charge is 0.481 e. The summed E-state index contributed by atoms with van der Waals surface area (Å²) in [5.74, 6) is -7.61. The molecule has 0 fully saturated rings. The van der Waals surface area contributed by atoms with E-state index in [1.165, 1.54) is 12.5 Å². The summed E-state index contributed by atoms with van der Waals surface area (Å²) < 4.78 is 0. The highest BCUT2D eigenvalue weighted by atomic mass is 16.4. The molecule has 1 heterocycles.